The van der Waals surface area contributed by atoms with Gasteiger partial charge in [-0.25, -0.2) is 4.99 Å². The molecule has 3 rings (SSSR count). The molecular formula is C22H28ClN5. The molecule has 2 aromatic rings. The fourth-order valence-corrected chi connectivity index (χ4v) is 3.74. The van der Waals surface area contributed by atoms with E-state index >= 15 is 0 Å². The Kier molecular flexibility index (Phi) is 6.04. The van der Waals surface area contributed by atoms with Crippen molar-refractivity contribution in [3.8, 4) is 0 Å². The van der Waals surface area contributed by atoms with Crippen LogP contribution in [0.3, 0.4) is 0 Å². The zero-order valence-corrected chi connectivity index (χ0v) is 18.2. The maximum atomic E-state index is 6.60. The predicted molar refractivity (Wildman–Crippen MR) is 118 cm³/mol. The minimum Gasteiger partial charge on any atom is -0.314 e. The van der Waals surface area contributed by atoms with Crippen molar-refractivity contribution < 1.29 is 0 Å². The van der Waals surface area contributed by atoms with Crippen LogP contribution in [0.1, 0.15) is 63.8 Å². The summed E-state index contributed by atoms with van der Waals surface area (Å²) in [6, 6.07) is 8.49. The van der Waals surface area contributed by atoms with Gasteiger partial charge in [0.2, 0.25) is 0 Å². The van der Waals surface area contributed by atoms with Gasteiger partial charge in [0.25, 0.3) is 0 Å². The molecule has 0 bridgehead atoms. The maximum Gasteiger partial charge on any atom is 0.160 e. The molecule has 2 heterocycles. The number of aromatic nitrogens is 3. The predicted octanol–water partition coefficient (Wildman–Crippen LogP) is 6.01. The van der Waals surface area contributed by atoms with Gasteiger partial charge in [-0.1, -0.05) is 43.7 Å². The van der Waals surface area contributed by atoms with Crippen molar-refractivity contribution >= 4 is 28.8 Å². The Morgan fingerprint density at radius 3 is 2.61 bits per heavy atom. The lowest BCUT2D eigenvalue weighted by molar-refractivity contribution is 0.613. The van der Waals surface area contributed by atoms with Crippen LogP contribution in [-0.2, 0) is 0 Å². The summed E-state index contributed by atoms with van der Waals surface area (Å²) in [6.07, 6.45) is 3.79. The van der Waals surface area contributed by atoms with Crippen LogP contribution in [0.4, 0.5) is 5.69 Å². The average molecular weight is 398 g/mol. The number of amidine groups is 1. The summed E-state index contributed by atoms with van der Waals surface area (Å²) in [5.74, 6) is 2.61. The van der Waals surface area contributed by atoms with E-state index in [1.54, 1.807) is 0 Å². The molecule has 1 aliphatic rings. The van der Waals surface area contributed by atoms with Crippen LogP contribution in [0.2, 0.25) is 0 Å². The van der Waals surface area contributed by atoms with Gasteiger partial charge in [0.1, 0.15) is 11.0 Å². The zero-order valence-electron chi connectivity index (χ0n) is 17.5. The molecule has 0 N–H and O–H groups in total. The van der Waals surface area contributed by atoms with Crippen LogP contribution in [0.5, 0.6) is 0 Å². The average Bonchev–Trinajstić information content (AvgIpc) is 3.07. The first-order valence-electron chi connectivity index (χ1n) is 9.81. The van der Waals surface area contributed by atoms with Crippen LogP contribution in [0.25, 0.3) is 5.70 Å². The second-order valence-corrected chi connectivity index (χ2v) is 7.47. The molecule has 5 nitrogen and oxygen atoms in total. The van der Waals surface area contributed by atoms with Crippen molar-refractivity contribution in [1.29, 1.82) is 0 Å². The van der Waals surface area contributed by atoms with E-state index in [9.17, 15) is 0 Å². The molecule has 1 aliphatic heterocycles. The summed E-state index contributed by atoms with van der Waals surface area (Å²) in [7, 11) is 0. The molecule has 0 saturated heterocycles. The topological polar surface area (TPSA) is 46.3 Å². The van der Waals surface area contributed by atoms with E-state index in [1.807, 2.05) is 20.8 Å². The maximum absolute atomic E-state index is 6.60. The summed E-state index contributed by atoms with van der Waals surface area (Å²) >= 11 is 6.60. The second kappa shape index (κ2) is 8.31. The van der Waals surface area contributed by atoms with Gasteiger partial charge in [0.05, 0.1) is 11.7 Å². The standard InChI is InChI=1S/C22H28ClN5/c1-7-15(5)20(23)24-21-18(8-2)27-16(6)25-26-22(27)19(9-3)28(21)17-12-10-11-14(4)13-17/h8,10-13,19H,7,9H2,1-6H3. The number of aryl methyl sites for hydroxylation is 2. The van der Waals surface area contributed by atoms with Crippen LogP contribution in [0, 0.1) is 13.8 Å². The van der Waals surface area contributed by atoms with Crippen molar-refractivity contribution in [2.45, 2.75) is 60.4 Å². The van der Waals surface area contributed by atoms with Crippen molar-refractivity contribution in [1.82, 2.24) is 14.8 Å². The summed E-state index contributed by atoms with van der Waals surface area (Å²) < 4.78 is 2.10. The number of anilines is 1. The Balaban J connectivity index is 2.33. The summed E-state index contributed by atoms with van der Waals surface area (Å²) in [5, 5.41) is 9.39. The lowest BCUT2D eigenvalue weighted by atomic mass is 10.0. The molecule has 0 spiro atoms. The molecule has 0 saturated carbocycles. The summed E-state index contributed by atoms with van der Waals surface area (Å²) in [4.78, 5) is 7.15. The highest BCUT2D eigenvalue weighted by molar-refractivity contribution is 6.33. The molecule has 148 valence electrons. The number of allylic oxidation sites excluding steroid dienone is 2. The van der Waals surface area contributed by atoms with E-state index in [4.69, 9.17) is 16.6 Å². The van der Waals surface area contributed by atoms with Crippen LogP contribution in [0.15, 0.2) is 46.1 Å². The van der Waals surface area contributed by atoms with Gasteiger partial charge >= 0.3 is 0 Å². The van der Waals surface area contributed by atoms with Gasteiger partial charge in [0.15, 0.2) is 11.7 Å². The van der Waals surface area contributed by atoms with Gasteiger partial charge in [-0.3, -0.25) is 4.57 Å². The van der Waals surface area contributed by atoms with E-state index in [1.165, 1.54) is 5.56 Å². The van der Waals surface area contributed by atoms with E-state index < -0.39 is 0 Å². The highest BCUT2D eigenvalue weighted by Gasteiger charge is 2.37. The first kappa shape index (κ1) is 20.3. The largest absolute Gasteiger partial charge is 0.314 e. The third-order valence-electron chi connectivity index (χ3n) is 5.18. The quantitative estimate of drug-likeness (QED) is 0.594. The number of benzene rings is 1. The van der Waals surface area contributed by atoms with Crippen molar-refractivity contribution in [2.75, 3.05) is 4.90 Å². The lowest BCUT2D eigenvalue weighted by Gasteiger charge is -2.39. The van der Waals surface area contributed by atoms with Gasteiger partial charge in [-0.05, 0) is 63.8 Å². The first-order chi connectivity index (χ1) is 13.4. The molecule has 0 aliphatic carbocycles. The third kappa shape index (κ3) is 3.51. The Labute approximate surface area is 172 Å². The molecular weight excluding hydrogens is 370 g/mol. The molecule has 1 aromatic heterocycles. The van der Waals surface area contributed by atoms with Crippen LogP contribution < -0.4 is 4.90 Å². The number of rotatable bonds is 4. The number of aliphatic imine (C=N–C) groups is 1. The van der Waals surface area contributed by atoms with Crippen LogP contribution >= 0.6 is 11.6 Å². The Bertz CT molecular complexity index is 967. The van der Waals surface area contributed by atoms with Crippen molar-refractivity contribution in [3.63, 3.8) is 0 Å². The normalized spacial score (nSPS) is 20.5. The van der Waals surface area contributed by atoms with E-state index in [2.05, 4.69) is 70.8 Å². The first-order valence-corrected chi connectivity index (χ1v) is 10.2. The molecule has 1 aromatic carbocycles. The minimum absolute atomic E-state index is 0.0249. The van der Waals surface area contributed by atoms with Gasteiger partial charge < -0.3 is 4.90 Å². The molecule has 0 fully saturated rings. The Hall–Kier alpha value is -2.40. The zero-order chi connectivity index (χ0) is 20.4. The van der Waals surface area contributed by atoms with E-state index in [0.29, 0.717) is 5.16 Å². The van der Waals surface area contributed by atoms with Gasteiger partial charge in [0, 0.05) is 5.69 Å². The minimum atomic E-state index is 0.0249. The Morgan fingerprint density at radius 2 is 2.00 bits per heavy atom. The lowest BCUT2D eigenvalue weighted by Crippen LogP contribution is -2.42. The third-order valence-corrected chi connectivity index (χ3v) is 5.59. The summed E-state index contributed by atoms with van der Waals surface area (Å²) in [6.45, 7) is 12.4. The van der Waals surface area contributed by atoms with Gasteiger partial charge in [-0.2, -0.15) is 0 Å². The smallest absolute Gasteiger partial charge is 0.160 e. The van der Waals surface area contributed by atoms with E-state index in [-0.39, 0.29) is 6.04 Å². The highest BCUT2D eigenvalue weighted by Crippen LogP contribution is 2.38. The monoisotopic (exact) mass is 397 g/mol. The van der Waals surface area contributed by atoms with Gasteiger partial charge in [-0.15, -0.1) is 10.2 Å². The molecule has 6 heteroatoms. The van der Waals surface area contributed by atoms with Crippen molar-refractivity contribution in [3.05, 3.63) is 58.3 Å². The summed E-state index contributed by atoms with van der Waals surface area (Å²) in [5.41, 5.74) is 4.29. The number of nitrogens with zero attached hydrogens (tertiary/aromatic N) is 5. The molecule has 0 radical (unpaired) electrons. The molecule has 28 heavy (non-hydrogen) atoms. The Morgan fingerprint density at radius 1 is 1.25 bits per heavy atom. The van der Waals surface area contributed by atoms with Crippen LogP contribution in [-0.4, -0.2) is 20.6 Å². The second-order valence-electron chi connectivity index (χ2n) is 7.11. The molecule has 1 atom stereocenters. The highest BCUT2D eigenvalue weighted by atomic mass is 35.5. The molecule has 1 unspecified atom stereocenters. The molecule has 0 amide bonds. The number of fused-ring (bicyclic) bond motifs is 1. The number of hydrogen-bond donors (Lipinski definition) is 0. The SMILES string of the molecule is CC=C1C(=NC(Cl)=C(C)CC)N(c2cccc(C)c2)C(CC)c2nnc(C)n21. The number of halogens is 1. The number of hydrogen-bond acceptors (Lipinski definition) is 3. The fraction of sp³-hybridized carbons (Fsp3) is 0.409. The van der Waals surface area contributed by atoms with E-state index in [0.717, 1.165) is 47.3 Å². The fourth-order valence-electron chi connectivity index (χ4n) is 3.53. The van der Waals surface area contributed by atoms with Crippen molar-refractivity contribution in [2.24, 2.45) is 4.99 Å².